The fraction of sp³-hybridized carbons (Fsp3) is 0.316. The van der Waals surface area contributed by atoms with Crippen LogP contribution in [0.3, 0.4) is 0 Å². The van der Waals surface area contributed by atoms with E-state index in [0.29, 0.717) is 11.7 Å². The number of rotatable bonds is 5. The van der Waals surface area contributed by atoms with Crippen molar-refractivity contribution in [3.63, 3.8) is 0 Å². The number of hydrogen-bond donors (Lipinski definition) is 1. The van der Waals surface area contributed by atoms with Gasteiger partial charge in [-0.15, -0.1) is 16.4 Å². The summed E-state index contributed by atoms with van der Waals surface area (Å²) in [6, 6.07) is 13.8. The fourth-order valence-electron chi connectivity index (χ4n) is 3.33. The van der Waals surface area contributed by atoms with Crippen molar-refractivity contribution in [2.24, 2.45) is 5.92 Å². The van der Waals surface area contributed by atoms with Gasteiger partial charge in [0.1, 0.15) is 0 Å². The summed E-state index contributed by atoms with van der Waals surface area (Å²) >= 11 is 1.59. The highest BCUT2D eigenvalue weighted by atomic mass is 32.1. The highest BCUT2D eigenvalue weighted by Crippen LogP contribution is 2.26. The van der Waals surface area contributed by atoms with E-state index in [4.69, 9.17) is 0 Å². The van der Waals surface area contributed by atoms with Gasteiger partial charge in [0.05, 0.1) is 10.6 Å². The number of thiophene rings is 1. The first-order valence-electron chi connectivity index (χ1n) is 8.76. The third kappa shape index (κ3) is 3.27. The van der Waals surface area contributed by atoms with E-state index in [1.54, 1.807) is 16.0 Å². The third-order valence-corrected chi connectivity index (χ3v) is 5.47. The second-order valence-corrected chi connectivity index (χ2v) is 7.39. The molecule has 0 bridgehead atoms. The topological polar surface area (TPSA) is 63.1 Å². The molecule has 4 rings (SSSR count). The number of nitrogens with one attached hydrogen (secondary N) is 1. The number of para-hydroxylation sites is 1. The zero-order valence-corrected chi connectivity index (χ0v) is 15.4. The second kappa shape index (κ2) is 7.39. The number of hydrogen-bond acceptors (Lipinski definition) is 5. The Morgan fingerprint density at radius 1 is 1.27 bits per heavy atom. The summed E-state index contributed by atoms with van der Waals surface area (Å²) in [6.07, 6.45) is 1.02. The van der Waals surface area contributed by atoms with E-state index in [2.05, 4.69) is 15.4 Å². The summed E-state index contributed by atoms with van der Waals surface area (Å²) in [5.41, 5.74) is 0.900. The van der Waals surface area contributed by atoms with Crippen molar-refractivity contribution < 1.29 is 4.79 Å². The van der Waals surface area contributed by atoms with Gasteiger partial charge >= 0.3 is 0 Å². The van der Waals surface area contributed by atoms with E-state index in [1.165, 1.54) is 0 Å². The Labute approximate surface area is 156 Å². The lowest BCUT2D eigenvalue weighted by molar-refractivity contribution is 0.0775. The van der Waals surface area contributed by atoms with Gasteiger partial charge in [0.25, 0.3) is 5.91 Å². The Balaban J connectivity index is 1.67. The van der Waals surface area contributed by atoms with Crippen LogP contribution in [0.15, 0.2) is 47.8 Å². The predicted octanol–water partition coefficient (Wildman–Crippen LogP) is 2.68. The molecule has 134 valence electrons. The minimum absolute atomic E-state index is 0.0870. The lowest BCUT2D eigenvalue weighted by Gasteiger charge is -2.14. The summed E-state index contributed by atoms with van der Waals surface area (Å²) < 4.78 is 1.76. The SMILES string of the molecule is CNCC1CCN(C(=O)c2nc(-c3cccs3)n(-c3ccccc3)n2)C1. The van der Waals surface area contributed by atoms with Gasteiger partial charge in [-0.05, 0) is 49.5 Å². The molecule has 1 amide bonds. The van der Waals surface area contributed by atoms with Gasteiger partial charge in [-0.3, -0.25) is 4.79 Å². The van der Waals surface area contributed by atoms with Gasteiger partial charge in [0.2, 0.25) is 5.82 Å². The van der Waals surface area contributed by atoms with Gasteiger partial charge in [0, 0.05) is 13.1 Å². The van der Waals surface area contributed by atoms with Crippen LogP contribution in [0.5, 0.6) is 0 Å². The van der Waals surface area contributed by atoms with Crippen LogP contribution in [0.25, 0.3) is 16.4 Å². The van der Waals surface area contributed by atoms with Gasteiger partial charge in [-0.1, -0.05) is 24.3 Å². The Bertz CT molecular complexity index is 875. The maximum absolute atomic E-state index is 12.9. The second-order valence-electron chi connectivity index (χ2n) is 6.45. The summed E-state index contributed by atoms with van der Waals surface area (Å²) in [4.78, 5) is 20.4. The molecular weight excluding hydrogens is 346 g/mol. The molecule has 1 saturated heterocycles. The zero-order chi connectivity index (χ0) is 17.9. The van der Waals surface area contributed by atoms with Crippen molar-refractivity contribution in [1.82, 2.24) is 25.0 Å². The molecule has 3 heterocycles. The number of amides is 1. The van der Waals surface area contributed by atoms with Crippen LogP contribution >= 0.6 is 11.3 Å². The maximum atomic E-state index is 12.9. The van der Waals surface area contributed by atoms with E-state index in [9.17, 15) is 4.79 Å². The van der Waals surface area contributed by atoms with Crippen molar-refractivity contribution >= 4 is 17.2 Å². The number of carbonyl (C=O) groups excluding carboxylic acids is 1. The summed E-state index contributed by atoms with van der Waals surface area (Å²) in [7, 11) is 1.95. The number of carbonyl (C=O) groups is 1. The number of likely N-dealkylation sites (tertiary alicyclic amines) is 1. The van der Waals surface area contributed by atoms with E-state index >= 15 is 0 Å². The molecule has 1 aliphatic heterocycles. The average Bonchev–Trinajstić information content (AvgIpc) is 3.42. The highest BCUT2D eigenvalue weighted by Gasteiger charge is 2.29. The quantitative estimate of drug-likeness (QED) is 0.753. The van der Waals surface area contributed by atoms with Crippen LogP contribution in [0, 0.1) is 5.92 Å². The molecule has 1 N–H and O–H groups in total. The summed E-state index contributed by atoms with van der Waals surface area (Å²) in [5, 5.41) is 9.75. The van der Waals surface area contributed by atoms with Crippen molar-refractivity contribution in [2.45, 2.75) is 6.42 Å². The molecule has 7 heteroatoms. The fourth-order valence-corrected chi connectivity index (χ4v) is 4.03. The molecule has 1 aromatic carbocycles. The molecular formula is C19H21N5OS. The highest BCUT2D eigenvalue weighted by molar-refractivity contribution is 7.13. The largest absolute Gasteiger partial charge is 0.336 e. The van der Waals surface area contributed by atoms with Crippen molar-refractivity contribution in [3.8, 4) is 16.4 Å². The molecule has 6 nitrogen and oxygen atoms in total. The van der Waals surface area contributed by atoms with Crippen molar-refractivity contribution in [3.05, 3.63) is 53.7 Å². The Morgan fingerprint density at radius 3 is 2.85 bits per heavy atom. The van der Waals surface area contributed by atoms with Crippen LogP contribution in [-0.4, -0.2) is 52.3 Å². The van der Waals surface area contributed by atoms with Gasteiger partial charge < -0.3 is 10.2 Å². The number of nitrogens with zero attached hydrogens (tertiary/aromatic N) is 4. The molecule has 3 aromatic rings. The first-order valence-corrected chi connectivity index (χ1v) is 9.64. The van der Waals surface area contributed by atoms with E-state index < -0.39 is 0 Å². The zero-order valence-electron chi connectivity index (χ0n) is 14.6. The Hall–Kier alpha value is -2.51. The lowest BCUT2D eigenvalue weighted by Crippen LogP contribution is -2.31. The monoisotopic (exact) mass is 367 g/mol. The minimum atomic E-state index is -0.0870. The Kier molecular flexibility index (Phi) is 4.81. The minimum Gasteiger partial charge on any atom is -0.336 e. The first-order chi connectivity index (χ1) is 12.8. The van der Waals surface area contributed by atoms with Gasteiger partial charge in [-0.2, -0.15) is 0 Å². The lowest BCUT2D eigenvalue weighted by atomic mass is 10.1. The molecule has 0 aliphatic carbocycles. The molecule has 26 heavy (non-hydrogen) atoms. The van der Waals surface area contributed by atoms with Crippen LogP contribution in [0.4, 0.5) is 0 Å². The van der Waals surface area contributed by atoms with Gasteiger partial charge in [-0.25, -0.2) is 9.67 Å². The number of aromatic nitrogens is 3. The van der Waals surface area contributed by atoms with Crippen LogP contribution in [0.1, 0.15) is 17.0 Å². The van der Waals surface area contributed by atoms with Crippen molar-refractivity contribution in [2.75, 3.05) is 26.7 Å². The van der Waals surface area contributed by atoms with Crippen LogP contribution in [0.2, 0.25) is 0 Å². The summed E-state index contributed by atoms with van der Waals surface area (Å²) in [6.45, 7) is 2.45. The molecule has 0 saturated carbocycles. The molecule has 0 radical (unpaired) electrons. The van der Waals surface area contributed by atoms with E-state index in [-0.39, 0.29) is 11.7 Å². The van der Waals surface area contributed by atoms with E-state index in [0.717, 1.165) is 36.6 Å². The third-order valence-electron chi connectivity index (χ3n) is 4.61. The average molecular weight is 367 g/mol. The molecule has 2 aromatic heterocycles. The summed E-state index contributed by atoms with van der Waals surface area (Å²) in [5.74, 6) is 1.39. The molecule has 1 unspecified atom stereocenters. The predicted molar refractivity (Wildman–Crippen MR) is 103 cm³/mol. The molecule has 1 fully saturated rings. The Morgan fingerprint density at radius 2 is 2.12 bits per heavy atom. The normalized spacial score (nSPS) is 17.0. The molecule has 1 atom stereocenters. The van der Waals surface area contributed by atoms with Gasteiger partial charge in [0.15, 0.2) is 5.82 Å². The first kappa shape index (κ1) is 16.9. The standard InChI is InChI=1S/C19H21N5OS/c1-20-12-14-9-10-23(13-14)19(25)17-21-18(16-8-5-11-26-16)24(22-17)15-6-3-2-4-7-15/h2-8,11,14,20H,9-10,12-13H2,1H3. The van der Waals surface area contributed by atoms with E-state index in [1.807, 2.05) is 59.8 Å². The maximum Gasteiger partial charge on any atom is 0.293 e. The van der Waals surface area contributed by atoms with Crippen LogP contribution in [-0.2, 0) is 0 Å². The molecule has 0 spiro atoms. The number of benzene rings is 1. The van der Waals surface area contributed by atoms with Crippen LogP contribution < -0.4 is 5.32 Å². The smallest absolute Gasteiger partial charge is 0.293 e. The molecule has 1 aliphatic rings. The van der Waals surface area contributed by atoms with Crippen molar-refractivity contribution in [1.29, 1.82) is 0 Å².